The fourth-order valence-corrected chi connectivity index (χ4v) is 3.91. The third kappa shape index (κ3) is 6.38. The largest absolute Gasteiger partial charge is 0.573 e. The Balaban J connectivity index is 1.40. The highest BCUT2D eigenvalue weighted by Crippen LogP contribution is 2.27. The second kappa shape index (κ2) is 9.70. The van der Waals surface area contributed by atoms with Gasteiger partial charge in [-0.1, -0.05) is 48.2 Å². The number of nitrogens with one attached hydrogen (secondary N) is 2. The van der Waals surface area contributed by atoms with Crippen LogP contribution in [0.1, 0.15) is 28.8 Å². The first-order chi connectivity index (χ1) is 15.8. The maximum Gasteiger partial charge on any atom is 0.573 e. The summed E-state index contributed by atoms with van der Waals surface area (Å²) in [5.74, 6) is -0.943. The van der Waals surface area contributed by atoms with E-state index in [9.17, 15) is 22.8 Å². The van der Waals surface area contributed by atoms with E-state index >= 15 is 0 Å². The zero-order valence-corrected chi connectivity index (χ0v) is 18.1. The molecule has 2 aromatic carbocycles. The third-order valence-corrected chi connectivity index (χ3v) is 5.79. The van der Waals surface area contributed by atoms with Crippen molar-refractivity contribution < 1.29 is 27.5 Å². The van der Waals surface area contributed by atoms with Gasteiger partial charge in [0.05, 0.1) is 21.9 Å². The summed E-state index contributed by atoms with van der Waals surface area (Å²) >= 11 is 1.14. The summed E-state index contributed by atoms with van der Waals surface area (Å²) in [5.41, 5.74) is 1.34. The summed E-state index contributed by atoms with van der Waals surface area (Å²) in [6.45, 7) is -0.119. The molecule has 4 rings (SSSR count). The molecule has 0 unspecified atom stereocenters. The number of pyridine rings is 1. The number of hydrogen-bond donors (Lipinski definition) is 2. The van der Waals surface area contributed by atoms with E-state index in [0.29, 0.717) is 16.1 Å². The number of carbonyl (C=O) groups is 2. The van der Waals surface area contributed by atoms with Gasteiger partial charge in [-0.25, -0.2) is 4.98 Å². The average Bonchev–Trinajstić information content (AvgIpc) is 3.59. The molecule has 6 nitrogen and oxygen atoms in total. The number of ether oxygens (including phenoxy) is 1. The molecule has 2 N–H and O–H groups in total. The minimum absolute atomic E-state index is 0.0165. The second-order valence-electron chi connectivity index (χ2n) is 7.49. The van der Waals surface area contributed by atoms with E-state index in [1.54, 1.807) is 18.2 Å². The normalized spacial score (nSPS) is 13.5. The van der Waals surface area contributed by atoms with Crippen molar-refractivity contribution in [3.63, 3.8) is 0 Å². The Morgan fingerprint density at radius 2 is 1.82 bits per heavy atom. The smallest absolute Gasteiger partial charge is 0.405 e. The molecule has 0 aliphatic heterocycles. The standard InChI is InChI=1S/C23H20F3N3O3S/c24-23(25,26)32-19-8-4-1-5-14(19)12-27-20(30)13-33-21-11-17(22(31)28-15-9-10-15)16-6-2-3-7-18(16)29-21/h1-8,11,15H,9-10,12-13H2,(H,27,30)(H,28,31). The zero-order chi connectivity index (χ0) is 23.4. The number of alkyl halides is 3. The molecule has 0 radical (unpaired) electrons. The van der Waals surface area contributed by atoms with Gasteiger partial charge in [-0.3, -0.25) is 9.59 Å². The Bertz CT molecular complexity index is 1180. The maximum absolute atomic E-state index is 12.7. The van der Waals surface area contributed by atoms with Crippen molar-refractivity contribution in [3.8, 4) is 5.75 Å². The maximum atomic E-state index is 12.7. The summed E-state index contributed by atoms with van der Waals surface area (Å²) in [6.07, 6.45) is -2.89. The molecule has 172 valence electrons. The van der Waals surface area contributed by atoms with Crippen molar-refractivity contribution in [1.29, 1.82) is 0 Å². The van der Waals surface area contributed by atoms with Crippen LogP contribution in [0.4, 0.5) is 13.2 Å². The number of hydrogen-bond acceptors (Lipinski definition) is 5. The van der Waals surface area contributed by atoms with Crippen LogP contribution in [0.25, 0.3) is 10.9 Å². The van der Waals surface area contributed by atoms with Crippen molar-refractivity contribution >= 4 is 34.5 Å². The third-order valence-electron chi connectivity index (χ3n) is 4.88. The summed E-state index contributed by atoms with van der Waals surface area (Å²) in [4.78, 5) is 29.5. The molecule has 1 aliphatic carbocycles. The summed E-state index contributed by atoms with van der Waals surface area (Å²) in [7, 11) is 0. The molecule has 3 aromatic rings. The van der Waals surface area contributed by atoms with Gasteiger partial charge in [-0.05, 0) is 31.0 Å². The van der Waals surface area contributed by atoms with Crippen molar-refractivity contribution in [2.45, 2.75) is 36.8 Å². The first-order valence-electron chi connectivity index (χ1n) is 10.2. The van der Waals surface area contributed by atoms with Crippen LogP contribution >= 0.6 is 11.8 Å². The number of carbonyl (C=O) groups excluding carboxylic acids is 2. The summed E-state index contributed by atoms with van der Waals surface area (Å²) in [5, 5.41) is 6.79. The highest BCUT2D eigenvalue weighted by atomic mass is 32.2. The first-order valence-corrected chi connectivity index (χ1v) is 11.2. The van der Waals surface area contributed by atoms with Crippen LogP contribution < -0.4 is 15.4 Å². The van der Waals surface area contributed by atoms with E-state index in [4.69, 9.17) is 0 Å². The van der Waals surface area contributed by atoms with Crippen LogP contribution in [-0.4, -0.2) is 35.0 Å². The lowest BCUT2D eigenvalue weighted by Crippen LogP contribution is -2.26. The zero-order valence-electron chi connectivity index (χ0n) is 17.3. The van der Waals surface area contributed by atoms with Crippen LogP contribution in [0.3, 0.4) is 0 Å². The van der Waals surface area contributed by atoms with Gasteiger partial charge in [0.15, 0.2) is 0 Å². The Hall–Kier alpha value is -3.27. The molecule has 10 heteroatoms. The first kappa shape index (κ1) is 22.9. The highest BCUT2D eigenvalue weighted by molar-refractivity contribution is 7.99. The molecule has 2 amide bonds. The van der Waals surface area contributed by atoms with Crippen LogP contribution in [-0.2, 0) is 11.3 Å². The molecule has 0 saturated heterocycles. The molecule has 33 heavy (non-hydrogen) atoms. The van der Waals surface area contributed by atoms with Gasteiger partial charge in [0.1, 0.15) is 5.75 Å². The van der Waals surface area contributed by atoms with E-state index in [1.807, 2.05) is 18.2 Å². The number of fused-ring (bicyclic) bond motifs is 1. The molecule has 1 saturated carbocycles. The molecule has 0 spiro atoms. The molecule has 1 fully saturated rings. The lowest BCUT2D eigenvalue weighted by molar-refractivity contribution is -0.274. The predicted molar refractivity (Wildman–Crippen MR) is 118 cm³/mol. The Labute approximate surface area is 191 Å². The number of aromatic nitrogens is 1. The van der Waals surface area contributed by atoms with E-state index in [-0.39, 0.29) is 41.5 Å². The van der Waals surface area contributed by atoms with Crippen molar-refractivity contribution in [2.75, 3.05) is 5.75 Å². The lowest BCUT2D eigenvalue weighted by atomic mass is 10.1. The predicted octanol–water partition coefficient (Wildman–Crippen LogP) is 4.43. The Morgan fingerprint density at radius 1 is 1.09 bits per heavy atom. The summed E-state index contributed by atoms with van der Waals surface area (Å²) in [6, 6.07) is 14.8. The molecule has 1 aromatic heterocycles. The van der Waals surface area contributed by atoms with Gasteiger partial charge in [-0.15, -0.1) is 13.2 Å². The van der Waals surface area contributed by atoms with Gasteiger partial charge in [0.2, 0.25) is 5.91 Å². The number of nitrogens with zero attached hydrogens (tertiary/aromatic N) is 1. The SMILES string of the molecule is O=C(CSc1cc(C(=O)NC2CC2)c2ccccc2n1)NCc1ccccc1OC(F)(F)F. The van der Waals surface area contributed by atoms with Crippen LogP contribution in [0.15, 0.2) is 59.6 Å². The van der Waals surface area contributed by atoms with Gasteiger partial charge in [0.25, 0.3) is 5.91 Å². The number of thioether (sulfide) groups is 1. The quantitative estimate of drug-likeness (QED) is 0.471. The van der Waals surface area contributed by atoms with E-state index in [1.165, 1.54) is 18.2 Å². The number of amides is 2. The number of halogens is 3. The Kier molecular flexibility index (Phi) is 6.73. The van der Waals surface area contributed by atoms with Crippen molar-refractivity contribution in [1.82, 2.24) is 15.6 Å². The monoisotopic (exact) mass is 475 g/mol. The fraction of sp³-hybridized carbons (Fsp3) is 0.261. The number of rotatable bonds is 8. The molecular weight excluding hydrogens is 455 g/mol. The Morgan fingerprint density at radius 3 is 2.58 bits per heavy atom. The minimum atomic E-state index is -4.82. The van der Waals surface area contributed by atoms with E-state index in [2.05, 4.69) is 20.4 Å². The van der Waals surface area contributed by atoms with Crippen LogP contribution in [0, 0.1) is 0 Å². The van der Waals surface area contributed by atoms with Gasteiger partial charge >= 0.3 is 6.36 Å². The van der Waals surface area contributed by atoms with Crippen molar-refractivity contribution in [2.24, 2.45) is 0 Å². The molecular formula is C23H20F3N3O3S. The van der Waals surface area contributed by atoms with Gasteiger partial charge in [-0.2, -0.15) is 0 Å². The highest BCUT2D eigenvalue weighted by Gasteiger charge is 2.32. The average molecular weight is 475 g/mol. The van der Waals surface area contributed by atoms with E-state index in [0.717, 1.165) is 30.0 Å². The fourth-order valence-electron chi connectivity index (χ4n) is 3.16. The van der Waals surface area contributed by atoms with Crippen molar-refractivity contribution in [3.05, 3.63) is 65.7 Å². The summed E-state index contributed by atoms with van der Waals surface area (Å²) < 4.78 is 41.7. The molecule has 1 aliphatic rings. The van der Waals surface area contributed by atoms with Gasteiger partial charge in [0, 0.05) is 23.5 Å². The molecule has 0 bridgehead atoms. The minimum Gasteiger partial charge on any atom is -0.405 e. The number of benzene rings is 2. The topological polar surface area (TPSA) is 80.3 Å². The number of para-hydroxylation sites is 2. The van der Waals surface area contributed by atoms with E-state index < -0.39 is 6.36 Å². The van der Waals surface area contributed by atoms with Crippen LogP contribution in [0.2, 0.25) is 0 Å². The molecule has 1 heterocycles. The van der Waals surface area contributed by atoms with Gasteiger partial charge < -0.3 is 15.4 Å². The second-order valence-corrected chi connectivity index (χ2v) is 8.49. The van der Waals surface area contributed by atoms with Crippen LogP contribution in [0.5, 0.6) is 5.75 Å². The molecule has 0 atom stereocenters. The lowest BCUT2D eigenvalue weighted by Gasteiger charge is -2.13.